The maximum atomic E-state index is 5.59. The highest BCUT2D eigenvalue weighted by Gasteiger charge is 2.08. The molecule has 2 aromatic rings. The van der Waals surface area contributed by atoms with Crippen LogP contribution in [0, 0.1) is 6.92 Å². The van der Waals surface area contributed by atoms with Crippen molar-refractivity contribution in [3.05, 3.63) is 40.1 Å². The fraction of sp³-hybridized carbons (Fsp3) is 0.182. The fourth-order valence-corrected chi connectivity index (χ4v) is 1.95. The number of nitrogens with two attached hydrogens (primary N) is 1. The van der Waals surface area contributed by atoms with E-state index in [1.54, 1.807) is 0 Å². The molecule has 0 unspecified atom stereocenters. The highest BCUT2D eigenvalue weighted by molar-refractivity contribution is 9.10. The third kappa shape index (κ3) is 1.96. The summed E-state index contributed by atoms with van der Waals surface area (Å²) in [4.78, 5) is 7.68. The van der Waals surface area contributed by atoms with Gasteiger partial charge in [-0.15, -0.1) is 0 Å². The van der Waals surface area contributed by atoms with E-state index < -0.39 is 0 Å². The molecular weight excluding hydrogens is 254 g/mol. The van der Waals surface area contributed by atoms with E-state index in [4.69, 9.17) is 5.73 Å². The summed E-state index contributed by atoms with van der Waals surface area (Å²) in [6, 6.07) is 7.98. The van der Waals surface area contributed by atoms with Crippen molar-refractivity contribution in [2.75, 3.05) is 0 Å². The Labute approximate surface area is 96.9 Å². The zero-order valence-corrected chi connectivity index (χ0v) is 10.0. The summed E-state index contributed by atoms with van der Waals surface area (Å²) in [5.41, 5.74) is 8.59. The van der Waals surface area contributed by atoms with Gasteiger partial charge in [0.15, 0.2) is 0 Å². The number of nitrogens with one attached hydrogen (secondary N) is 1. The van der Waals surface area contributed by atoms with Crippen LogP contribution in [0.5, 0.6) is 0 Å². The number of H-pyrrole nitrogens is 1. The first-order chi connectivity index (χ1) is 7.22. The number of aromatic amines is 1. The van der Waals surface area contributed by atoms with E-state index in [-0.39, 0.29) is 0 Å². The van der Waals surface area contributed by atoms with Gasteiger partial charge in [-0.1, -0.05) is 34.1 Å². The van der Waals surface area contributed by atoms with Gasteiger partial charge in [-0.2, -0.15) is 0 Å². The summed E-state index contributed by atoms with van der Waals surface area (Å²) in [6.07, 6.45) is 0. The predicted octanol–water partition coefficient (Wildman–Crippen LogP) is 2.61. The van der Waals surface area contributed by atoms with Crippen LogP contribution in [0.3, 0.4) is 0 Å². The van der Waals surface area contributed by atoms with Gasteiger partial charge in [0, 0.05) is 22.3 Å². The number of rotatable bonds is 2. The van der Waals surface area contributed by atoms with E-state index in [1.807, 2.05) is 31.2 Å². The van der Waals surface area contributed by atoms with Crippen LogP contribution in [0.4, 0.5) is 0 Å². The molecule has 0 aliphatic carbocycles. The molecule has 0 aliphatic rings. The van der Waals surface area contributed by atoms with Crippen LogP contribution in [0.15, 0.2) is 28.7 Å². The van der Waals surface area contributed by atoms with Gasteiger partial charge in [0.2, 0.25) is 0 Å². The largest absolute Gasteiger partial charge is 0.342 e. The highest BCUT2D eigenvalue weighted by Crippen LogP contribution is 2.26. The average molecular weight is 266 g/mol. The maximum absolute atomic E-state index is 5.59. The van der Waals surface area contributed by atoms with Crippen molar-refractivity contribution in [1.29, 1.82) is 0 Å². The van der Waals surface area contributed by atoms with Crippen molar-refractivity contribution < 1.29 is 0 Å². The van der Waals surface area contributed by atoms with E-state index >= 15 is 0 Å². The summed E-state index contributed by atoms with van der Waals surface area (Å²) in [7, 11) is 0. The zero-order chi connectivity index (χ0) is 10.8. The first-order valence-corrected chi connectivity index (χ1v) is 5.52. The second kappa shape index (κ2) is 4.16. The van der Waals surface area contributed by atoms with Crippen molar-refractivity contribution in [3.63, 3.8) is 0 Å². The van der Waals surface area contributed by atoms with Crippen molar-refractivity contribution in [1.82, 2.24) is 9.97 Å². The van der Waals surface area contributed by atoms with Crippen LogP contribution in [-0.2, 0) is 6.54 Å². The van der Waals surface area contributed by atoms with Gasteiger partial charge >= 0.3 is 0 Å². The zero-order valence-electron chi connectivity index (χ0n) is 8.42. The molecule has 0 saturated carbocycles. The molecule has 4 heteroatoms. The molecule has 0 bridgehead atoms. The fourth-order valence-electron chi connectivity index (χ4n) is 1.48. The van der Waals surface area contributed by atoms with Crippen molar-refractivity contribution in [2.45, 2.75) is 13.5 Å². The molecule has 0 atom stereocenters. The van der Waals surface area contributed by atoms with Gasteiger partial charge in [-0.05, 0) is 13.0 Å². The molecule has 3 N–H and O–H groups in total. The maximum Gasteiger partial charge on any atom is 0.139 e. The Hall–Kier alpha value is -1.13. The molecule has 0 aliphatic heterocycles. The Kier molecular flexibility index (Phi) is 2.88. The Morgan fingerprint density at radius 1 is 1.40 bits per heavy atom. The Morgan fingerprint density at radius 2 is 2.13 bits per heavy atom. The van der Waals surface area contributed by atoms with Crippen molar-refractivity contribution in [3.8, 4) is 11.4 Å². The Balaban J connectivity index is 2.50. The number of hydrogen-bond donors (Lipinski definition) is 2. The first-order valence-electron chi connectivity index (χ1n) is 4.73. The quantitative estimate of drug-likeness (QED) is 0.877. The molecule has 3 nitrogen and oxygen atoms in total. The normalized spacial score (nSPS) is 10.6. The second-order valence-corrected chi connectivity index (χ2v) is 4.20. The minimum atomic E-state index is 0.465. The van der Waals surface area contributed by atoms with E-state index in [0.29, 0.717) is 6.54 Å². The van der Waals surface area contributed by atoms with Gasteiger partial charge in [0.1, 0.15) is 5.82 Å². The predicted molar refractivity (Wildman–Crippen MR) is 64.4 cm³/mol. The van der Waals surface area contributed by atoms with E-state index in [1.165, 1.54) is 0 Å². The highest BCUT2D eigenvalue weighted by atomic mass is 79.9. The van der Waals surface area contributed by atoms with Gasteiger partial charge in [-0.25, -0.2) is 4.98 Å². The second-order valence-electron chi connectivity index (χ2n) is 3.34. The SMILES string of the molecule is Cc1[nH]c(-c2ccccc2Br)nc1CN. The van der Waals surface area contributed by atoms with Gasteiger partial charge in [0.25, 0.3) is 0 Å². The van der Waals surface area contributed by atoms with Crippen LogP contribution < -0.4 is 5.73 Å². The first kappa shape index (κ1) is 10.4. The van der Waals surface area contributed by atoms with Gasteiger partial charge in [0.05, 0.1) is 5.69 Å². The lowest BCUT2D eigenvalue weighted by molar-refractivity contribution is 0.993. The summed E-state index contributed by atoms with van der Waals surface area (Å²) >= 11 is 3.50. The monoisotopic (exact) mass is 265 g/mol. The van der Waals surface area contributed by atoms with E-state index in [9.17, 15) is 0 Å². The third-order valence-electron chi connectivity index (χ3n) is 2.31. The third-order valence-corrected chi connectivity index (χ3v) is 3.00. The molecule has 1 heterocycles. The number of benzene rings is 1. The summed E-state index contributed by atoms with van der Waals surface area (Å²) in [5, 5.41) is 0. The molecular formula is C11H12BrN3. The van der Waals surface area contributed by atoms with Crippen LogP contribution in [0.2, 0.25) is 0 Å². The van der Waals surface area contributed by atoms with Crippen molar-refractivity contribution >= 4 is 15.9 Å². The molecule has 0 fully saturated rings. The van der Waals surface area contributed by atoms with Crippen LogP contribution in [0.25, 0.3) is 11.4 Å². The number of aromatic nitrogens is 2. The van der Waals surface area contributed by atoms with E-state index in [2.05, 4.69) is 25.9 Å². The molecule has 1 aromatic heterocycles. The van der Waals surface area contributed by atoms with E-state index in [0.717, 1.165) is 27.2 Å². The lowest BCUT2D eigenvalue weighted by atomic mass is 10.2. The summed E-state index contributed by atoms with van der Waals surface area (Å²) in [5.74, 6) is 0.862. The Morgan fingerprint density at radius 3 is 2.73 bits per heavy atom. The molecule has 0 amide bonds. The summed E-state index contributed by atoms with van der Waals surface area (Å²) < 4.78 is 1.03. The van der Waals surface area contributed by atoms with Crippen molar-refractivity contribution in [2.24, 2.45) is 5.73 Å². The smallest absolute Gasteiger partial charge is 0.139 e. The van der Waals surface area contributed by atoms with Gasteiger partial charge in [-0.3, -0.25) is 0 Å². The standard InChI is InChI=1S/C11H12BrN3/c1-7-10(6-13)15-11(14-7)8-4-2-3-5-9(8)12/h2-5H,6,13H2,1H3,(H,14,15). The number of nitrogens with zero attached hydrogens (tertiary/aromatic N) is 1. The van der Waals surface area contributed by atoms with Gasteiger partial charge < -0.3 is 10.7 Å². The number of halogens is 1. The van der Waals surface area contributed by atoms with Crippen LogP contribution >= 0.6 is 15.9 Å². The molecule has 0 saturated heterocycles. The molecule has 2 rings (SSSR count). The molecule has 15 heavy (non-hydrogen) atoms. The number of hydrogen-bond acceptors (Lipinski definition) is 2. The minimum absolute atomic E-state index is 0.465. The number of imidazole rings is 1. The Bertz CT molecular complexity index is 476. The topological polar surface area (TPSA) is 54.7 Å². The molecule has 1 aromatic carbocycles. The lowest BCUT2D eigenvalue weighted by Crippen LogP contribution is -1.98. The van der Waals surface area contributed by atoms with Crippen LogP contribution in [0.1, 0.15) is 11.4 Å². The number of aryl methyl sites for hydroxylation is 1. The average Bonchev–Trinajstić information content (AvgIpc) is 2.60. The lowest BCUT2D eigenvalue weighted by Gasteiger charge is -1.98. The minimum Gasteiger partial charge on any atom is -0.342 e. The molecule has 78 valence electrons. The summed E-state index contributed by atoms with van der Waals surface area (Å²) in [6.45, 7) is 2.45. The molecule has 0 spiro atoms. The van der Waals surface area contributed by atoms with Crippen LogP contribution in [-0.4, -0.2) is 9.97 Å². The molecule has 0 radical (unpaired) electrons.